The van der Waals surface area contributed by atoms with E-state index in [0.29, 0.717) is 25.3 Å². The van der Waals surface area contributed by atoms with Gasteiger partial charge >= 0.3 is 0 Å². The number of nitrogens with zero attached hydrogens (tertiary/aromatic N) is 2. The van der Waals surface area contributed by atoms with Crippen LogP contribution >= 0.6 is 0 Å². The van der Waals surface area contributed by atoms with Crippen molar-refractivity contribution >= 4 is 15.9 Å². The minimum Gasteiger partial charge on any atom is -0.497 e. The van der Waals surface area contributed by atoms with Gasteiger partial charge in [0, 0.05) is 32.2 Å². The Balaban J connectivity index is 1.54. The van der Waals surface area contributed by atoms with Gasteiger partial charge in [0.1, 0.15) is 5.75 Å². The van der Waals surface area contributed by atoms with E-state index in [-0.39, 0.29) is 35.9 Å². The number of methoxy groups -OCH3 is 1. The van der Waals surface area contributed by atoms with Crippen LogP contribution in [0.2, 0.25) is 0 Å². The fourth-order valence-electron chi connectivity index (χ4n) is 5.55. The van der Waals surface area contributed by atoms with Crippen LogP contribution in [0.5, 0.6) is 5.75 Å². The van der Waals surface area contributed by atoms with Crippen LogP contribution in [-0.2, 0) is 21.2 Å². The van der Waals surface area contributed by atoms with Crippen molar-refractivity contribution in [2.45, 2.75) is 68.5 Å². The normalized spacial score (nSPS) is 21.1. The minimum atomic E-state index is -3.85. The number of carbonyl (C=O) groups excluding carboxylic acids is 1. The maximum atomic E-state index is 13.7. The van der Waals surface area contributed by atoms with Crippen LogP contribution in [0.4, 0.5) is 0 Å². The zero-order valence-corrected chi connectivity index (χ0v) is 23.5. The number of aliphatic hydroxyl groups is 1. The molecule has 1 saturated carbocycles. The molecule has 9 heteroatoms. The zero-order valence-electron chi connectivity index (χ0n) is 22.7. The summed E-state index contributed by atoms with van der Waals surface area (Å²) in [6.07, 6.45) is 3.77. The van der Waals surface area contributed by atoms with Crippen LogP contribution in [0.25, 0.3) is 0 Å². The molecule has 2 aliphatic rings. The quantitative estimate of drug-likeness (QED) is 0.452. The number of hydrogen-bond donors (Lipinski definition) is 2. The van der Waals surface area contributed by atoms with Crippen LogP contribution in [0.3, 0.4) is 0 Å². The Morgan fingerprint density at radius 1 is 1.11 bits per heavy atom. The Labute approximate surface area is 227 Å². The van der Waals surface area contributed by atoms with Crippen molar-refractivity contribution in [1.29, 1.82) is 0 Å². The zero-order chi connectivity index (χ0) is 27.3. The average Bonchev–Trinajstić information content (AvgIpc) is 3.42. The van der Waals surface area contributed by atoms with Gasteiger partial charge in [0.05, 0.1) is 23.6 Å². The van der Waals surface area contributed by atoms with Crippen LogP contribution < -0.4 is 10.1 Å². The number of hydrogen-bond acceptors (Lipinski definition) is 6. The molecule has 2 N–H and O–H groups in total. The summed E-state index contributed by atoms with van der Waals surface area (Å²) in [7, 11) is -2.31. The van der Waals surface area contributed by atoms with Crippen molar-refractivity contribution in [1.82, 2.24) is 14.5 Å². The van der Waals surface area contributed by atoms with Gasteiger partial charge in [-0.15, -0.1) is 0 Å². The number of aliphatic hydroxyl groups excluding tert-OH is 1. The molecule has 2 atom stereocenters. The summed E-state index contributed by atoms with van der Waals surface area (Å²) in [5.41, 5.74) is 0.349. The molecule has 0 radical (unpaired) electrons. The van der Waals surface area contributed by atoms with Crippen molar-refractivity contribution in [2.24, 2.45) is 5.92 Å². The minimum absolute atomic E-state index is 0.0689. The molecule has 0 aromatic heterocycles. The van der Waals surface area contributed by atoms with Gasteiger partial charge < -0.3 is 20.1 Å². The maximum Gasteiger partial charge on any atom is 0.243 e. The lowest BCUT2D eigenvalue weighted by atomic mass is 9.93. The molecule has 4 rings (SSSR count). The molecule has 2 aromatic carbocycles. The number of rotatable bonds is 11. The first-order valence-electron chi connectivity index (χ1n) is 13.5. The Morgan fingerprint density at radius 3 is 2.39 bits per heavy atom. The molecule has 0 spiro atoms. The third kappa shape index (κ3) is 6.75. The lowest BCUT2D eigenvalue weighted by Gasteiger charge is -2.45. The first kappa shape index (κ1) is 28.5. The Bertz CT molecular complexity index is 1160. The van der Waals surface area contributed by atoms with Crippen molar-refractivity contribution in [3.63, 3.8) is 0 Å². The molecule has 1 aliphatic carbocycles. The monoisotopic (exact) mass is 543 g/mol. The Morgan fingerprint density at radius 2 is 1.76 bits per heavy atom. The van der Waals surface area contributed by atoms with Gasteiger partial charge in [-0.25, -0.2) is 8.42 Å². The van der Waals surface area contributed by atoms with E-state index in [9.17, 15) is 18.3 Å². The predicted molar refractivity (Wildman–Crippen MR) is 147 cm³/mol. The maximum absolute atomic E-state index is 13.7. The molecule has 8 nitrogen and oxygen atoms in total. The lowest BCUT2D eigenvalue weighted by molar-refractivity contribution is -0.145. The molecule has 1 saturated heterocycles. The van der Waals surface area contributed by atoms with Gasteiger partial charge in [-0.2, -0.15) is 4.31 Å². The molecule has 208 valence electrons. The van der Waals surface area contributed by atoms with Crippen molar-refractivity contribution in [3.05, 3.63) is 60.2 Å². The topological polar surface area (TPSA) is 99.2 Å². The van der Waals surface area contributed by atoms with Crippen molar-refractivity contribution in [3.8, 4) is 5.75 Å². The predicted octanol–water partition coefficient (Wildman–Crippen LogP) is 3.06. The molecule has 1 heterocycles. The summed E-state index contributed by atoms with van der Waals surface area (Å²) in [5, 5.41) is 14.6. The highest BCUT2D eigenvalue weighted by molar-refractivity contribution is 7.89. The molecule has 38 heavy (non-hydrogen) atoms. The van der Waals surface area contributed by atoms with E-state index in [1.807, 2.05) is 44.2 Å². The van der Waals surface area contributed by atoms with E-state index in [4.69, 9.17) is 4.74 Å². The van der Waals surface area contributed by atoms with Gasteiger partial charge in [-0.1, -0.05) is 43.2 Å². The fraction of sp³-hybridized carbons (Fsp3) is 0.552. The number of sulfonamides is 1. The van der Waals surface area contributed by atoms with E-state index in [0.717, 1.165) is 31.2 Å². The molecular weight excluding hydrogens is 502 g/mol. The molecule has 1 unspecified atom stereocenters. The van der Waals surface area contributed by atoms with Gasteiger partial charge in [-0.05, 0) is 68.9 Å². The van der Waals surface area contributed by atoms with Gasteiger partial charge in [0.15, 0.2) is 0 Å². The summed E-state index contributed by atoms with van der Waals surface area (Å²) >= 11 is 0. The Kier molecular flexibility index (Phi) is 9.13. The van der Waals surface area contributed by atoms with Crippen molar-refractivity contribution in [2.75, 3.05) is 33.3 Å². The molecule has 1 amide bonds. The number of benzene rings is 2. The Hall–Kier alpha value is -2.46. The molecule has 2 fully saturated rings. The summed E-state index contributed by atoms with van der Waals surface area (Å²) < 4.78 is 34.0. The largest absolute Gasteiger partial charge is 0.497 e. The van der Waals surface area contributed by atoms with Crippen LogP contribution in [0, 0.1) is 5.92 Å². The van der Waals surface area contributed by atoms with Crippen LogP contribution in [0.15, 0.2) is 59.5 Å². The fourth-order valence-corrected chi connectivity index (χ4v) is 7.11. The number of amides is 1. The van der Waals surface area contributed by atoms with E-state index in [1.165, 1.54) is 11.4 Å². The number of piperazine rings is 1. The summed E-state index contributed by atoms with van der Waals surface area (Å²) in [4.78, 5) is 15.3. The third-order valence-corrected chi connectivity index (χ3v) is 9.63. The van der Waals surface area contributed by atoms with Crippen molar-refractivity contribution < 1.29 is 23.1 Å². The van der Waals surface area contributed by atoms with Gasteiger partial charge in [0.2, 0.25) is 15.9 Å². The second kappa shape index (κ2) is 12.2. The standard InChI is InChI=1S/C29H41N3O5S/c1-29(2)28(34)32(24(18-30-29)17-22-9-5-4-6-10-22)21-25(33)20-31(19-23-11-7-8-12-23)38(35,36)27-15-13-26(37-3)14-16-27/h4-6,9-10,13-16,23-25,30,33H,7-8,11-12,17-21H2,1-3H3/t24-,25?/m0/s1. The van der Waals surface area contributed by atoms with Crippen LogP contribution in [0.1, 0.15) is 45.1 Å². The molecule has 1 aliphatic heterocycles. The van der Waals surface area contributed by atoms with E-state index in [1.54, 1.807) is 29.2 Å². The van der Waals surface area contributed by atoms with E-state index < -0.39 is 21.7 Å². The number of β-amino-alcohol motifs (C(OH)–C–C–N with tert-alkyl or cyclic N) is 1. The highest BCUT2D eigenvalue weighted by Crippen LogP contribution is 2.29. The van der Waals surface area contributed by atoms with E-state index in [2.05, 4.69) is 5.32 Å². The van der Waals surface area contributed by atoms with Crippen LogP contribution in [-0.4, -0.2) is 79.6 Å². The SMILES string of the molecule is COc1ccc(S(=O)(=O)N(CC(O)CN2C(=O)C(C)(C)NC[C@@H]2Cc2ccccc2)CC2CCCC2)cc1. The lowest BCUT2D eigenvalue weighted by Crippen LogP contribution is -2.67. The highest BCUT2D eigenvalue weighted by atomic mass is 32.2. The van der Waals surface area contributed by atoms with Gasteiger partial charge in [0.25, 0.3) is 0 Å². The summed E-state index contributed by atoms with van der Waals surface area (Å²) in [6.45, 7) is 4.64. The first-order chi connectivity index (χ1) is 18.1. The third-order valence-electron chi connectivity index (χ3n) is 7.79. The number of nitrogens with one attached hydrogen (secondary N) is 1. The second-order valence-corrected chi connectivity index (χ2v) is 13.0. The highest BCUT2D eigenvalue weighted by Gasteiger charge is 2.41. The first-order valence-corrected chi connectivity index (χ1v) is 15.0. The smallest absolute Gasteiger partial charge is 0.243 e. The van der Waals surface area contributed by atoms with Gasteiger partial charge in [-0.3, -0.25) is 4.79 Å². The molecular formula is C29H41N3O5S. The second-order valence-electron chi connectivity index (χ2n) is 11.1. The number of carbonyl (C=O) groups is 1. The molecule has 0 bridgehead atoms. The number of ether oxygens (including phenoxy) is 1. The molecule has 2 aromatic rings. The summed E-state index contributed by atoms with van der Waals surface area (Å²) in [6, 6.07) is 16.2. The van der Waals surface area contributed by atoms with E-state index >= 15 is 0 Å². The summed E-state index contributed by atoms with van der Waals surface area (Å²) in [5.74, 6) is 0.750. The average molecular weight is 544 g/mol.